The summed E-state index contributed by atoms with van der Waals surface area (Å²) in [6.07, 6.45) is 1.91. The molecule has 1 aromatic carbocycles. The molecule has 5 heteroatoms. The number of piperidine rings is 1. The fraction of sp³-hybridized carbons (Fsp3) is 0.588. The van der Waals surface area contributed by atoms with Crippen molar-refractivity contribution in [1.29, 1.82) is 0 Å². The number of benzene rings is 1. The molecule has 1 saturated heterocycles. The van der Waals surface area contributed by atoms with Gasteiger partial charge in [-0.1, -0.05) is 0 Å². The molecule has 1 aliphatic heterocycles. The molecule has 122 valence electrons. The summed E-state index contributed by atoms with van der Waals surface area (Å²) in [4.78, 5) is 15.0. The average molecular weight is 325 g/mol. The van der Waals surface area contributed by atoms with Gasteiger partial charge in [0.2, 0.25) is 0 Å². The monoisotopic (exact) mass is 325 g/mol. The molecule has 1 amide bonds. The average Bonchev–Trinajstić information content (AvgIpc) is 2.45. The highest BCUT2D eigenvalue weighted by atomic mass is 32.2. The van der Waals surface area contributed by atoms with E-state index in [0.29, 0.717) is 5.92 Å². The molecule has 0 unspecified atom stereocenters. The highest BCUT2D eigenvalue weighted by Gasteiger charge is 2.27. The first-order valence-corrected chi connectivity index (χ1v) is 8.68. The second-order valence-corrected chi connectivity index (χ2v) is 7.79. The zero-order chi connectivity index (χ0) is 16.2. The van der Waals surface area contributed by atoms with Crippen molar-refractivity contribution in [2.45, 2.75) is 44.1 Å². The van der Waals surface area contributed by atoms with Crippen LogP contribution >= 0.6 is 11.8 Å². The van der Waals surface area contributed by atoms with E-state index in [9.17, 15) is 9.18 Å². The van der Waals surface area contributed by atoms with Crippen molar-refractivity contribution in [2.24, 2.45) is 5.92 Å². The minimum atomic E-state index is -0.451. The smallest absolute Gasteiger partial charge is 0.410 e. The van der Waals surface area contributed by atoms with Crippen molar-refractivity contribution in [3.63, 3.8) is 0 Å². The maximum absolute atomic E-state index is 12.9. The zero-order valence-corrected chi connectivity index (χ0v) is 14.3. The molecule has 0 bridgehead atoms. The van der Waals surface area contributed by atoms with Crippen molar-refractivity contribution in [2.75, 3.05) is 18.8 Å². The van der Waals surface area contributed by atoms with Crippen LogP contribution in [0.15, 0.2) is 29.2 Å². The fourth-order valence-corrected chi connectivity index (χ4v) is 3.47. The van der Waals surface area contributed by atoms with Gasteiger partial charge in [-0.25, -0.2) is 9.18 Å². The summed E-state index contributed by atoms with van der Waals surface area (Å²) < 4.78 is 18.3. The highest BCUT2D eigenvalue weighted by molar-refractivity contribution is 7.99. The molecule has 1 heterocycles. The summed E-state index contributed by atoms with van der Waals surface area (Å²) in [6, 6.07) is 6.56. The lowest BCUT2D eigenvalue weighted by Crippen LogP contribution is -2.43. The number of carbonyl (C=O) groups excluding carboxylic acids is 1. The summed E-state index contributed by atoms with van der Waals surface area (Å²) in [5, 5.41) is 0. The van der Waals surface area contributed by atoms with Crippen molar-refractivity contribution in [1.82, 2.24) is 4.90 Å². The molecule has 0 spiro atoms. The molecule has 1 fully saturated rings. The van der Waals surface area contributed by atoms with E-state index in [2.05, 4.69) is 0 Å². The third-order valence-electron chi connectivity index (χ3n) is 3.47. The van der Waals surface area contributed by atoms with Crippen LogP contribution in [0.5, 0.6) is 0 Å². The summed E-state index contributed by atoms with van der Waals surface area (Å²) in [5.74, 6) is 1.18. The van der Waals surface area contributed by atoms with Gasteiger partial charge in [0.25, 0.3) is 0 Å². The fourth-order valence-electron chi connectivity index (χ4n) is 2.44. The Balaban J connectivity index is 1.82. The Hall–Kier alpha value is -1.23. The number of halogens is 1. The van der Waals surface area contributed by atoms with Crippen LogP contribution in [0.4, 0.5) is 9.18 Å². The second kappa shape index (κ2) is 7.36. The Labute approximate surface area is 136 Å². The summed E-state index contributed by atoms with van der Waals surface area (Å²) in [6.45, 7) is 7.17. The van der Waals surface area contributed by atoms with E-state index in [-0.39, 0.29) is 11.9 Å². The van der Waals surface area contributed by atoms with Crippen LogP contribution in [-0.4, -0.2) is 35.4 Å². The molecule has 22 heavy (non-hydrogen) atoms. The lowest BCUT2D eigenvalue weighted by atomic mass is 10.0. The predicted molar refractivity (Wildman–Crippen MR) is 87.7 cm³/mol. The van der Waals surface area contributed by atoms with Crippen molar-refractivity contribution in [3.05, 3.63) is 30.1 Å². The molecule has 0 saturated carbocycles. The topological polar surface area (TPSA) is 29.5 Å². The quantitative estimate of drug-likeness (QED) is 0.763. The van der Waals surface area contributed by atoms with Crippen molar-refractivity contribution >= 4 is 17.9 Å². The van der Waals surface area contributed by atoms with Gasteiger partial charge in [0.15, 0.2) is 0 Å². The van der Waals surface area contributed by atoms with Crippen molar-refractivity contribution in [3.8, 4) is 0 Å². The lowest BCUT2D eigenvalue weighted by Gasteiger charge is -2.34. The van der Waals surface area contributed by atoms with Crippen LogP contribution in [0.2, 0.25) is 0 Å². The normalized spacial score (nSPS) is 19.1. The molecular formula is C17H24FNO2S. The number of likely N-dealkylation sites (tertiary alicyclic amines) is 1. The maximum atomic E-state index is 12.9. The first-order valence-electron chi connectivity index (χ1n) is 7.70. The molecule has 3 nitrogen and oxygen atoms in total. The summed E-state index contributed by atoms with van der Waals surface area (Å²) in [5.41, 5.74) is -0.451. The Morgan fingerprint density at radius 3 is 2.68 bits per heavy atom. The molecule has 2 rings (SSSR count). The van der Waals surface area contributed by atoms with E-state index >= 15 is 0 Å². The number of hydrogen-bond donors (Lipinski definition) is 0. The first kappa shape index (κ1) is 17.1. The van der Waals surface area contributed by atoms with Crippen LogP contribution in [0.3, 0.4) is 0 Å². The van der Waals surface area contributed by atoms with E-state index in [1.54, 1.807) is 23.9 Å². The number of amides is 1. The Morgan fingerprint density at radius 1 is 1.36 bits per heavy atom. The Kier molecular flexibility index (Phi) is 5.73. The number of carbonyl (C=O) groups is 1. The van der Waals surface area contributed by atoms with Crippen LogP contribution in [0.1, 0.15) is 33.6 Å². The third-order valence-corrected chi connectivity index (χ3v) is 4.71. The second-order valence-electron chi connectivity index (χ2n) is 6.70. The van der Waals surface area contributed by atoms with Crippen LogP contribution < -0.4 is 0 Å². The molecule has 0 aromatic heterocycles. The van der Waals surface area contributed by atoms with Gasteiger partial charge in [-0.15, -0.1) is 11.8 Å². The maximum Gasteiger partial charge on any atom is 0.410 e. The van der Waals surface area contributed by atoms with Gasteiger partial charge < -0.3 is 9.64 Å². The van der Waals surface area contributed by atoms with Gasteiger partial charge in [-0.05, 0) is 63.8 Å². The molecular weight excluding hydrogens is 301 g/mol. The summed E-state index contributed by atoms with van der Waals surface area (Å²) in [7, 11) is 0. The third kappa shape index (κ3) is 5.52. The Morgan fingerprint density at radius 2 is 2.05 bits per heavy atom. The molecule has 1 atom stereocenters. The van der Waals surface area contributed by atoms with E-state index in [4.69, 9.17) is 4.74 Å². The van der Waals surface area contributed by atoms with E-state index in [1.165, 1.54) is 12.1 Å². The van der Waals surface area contributed by atoms with Gasteiger partial charge in [0.1, 0.15) is 11.4 Å². The van der Waals surface area contributed by atoms with Crippen LogP contribution in [-0.2, 0) is 4.74 Å². The van der Waals surface area contributed by atoms with Gasteiger partial charge in [0.05, 0.1) is 0 Å². The standard InChI is InChI=1S/C17H24FNO2S/c1-17(2,3)21-16(20)19-10-4-5-13(11-19)12-22-15-8-6-14(18)7-9-15/h6-9,13H,4-5,10-12H2,1-3H3/t13-/m1/s1. The van der Waals surface area contributed by atoms with Crippen LogP contribution in [0.25, 0.3) is 0 Å². The molecule has 0 N–H and O–H groups in total. The Bertz CT molecular complexity index is 498. The van der Waals surface area contributed by atoms with Crippen molar-refractivity contribution < 1.29 is 13.9 Å². The minimum absolute atomic E-state index is 0.210. The van der Waals surface area contributed by atoms with Gasteiger partial charge in [-0.2, -0.15) is 0 Å². The SMILES string of the molecule is CC(C)(C)OC(=O)N1CCC[C@@H](CSc2ccc(F)cc2)C1. The zero-order valence-electron chi connectivity index (χ0n) is 13.5. The lowest BCUT2D eigenvalue weighted by molar-refractivity contribution is 0.0177. The number of rotatable bonds is 3. The van der Waals surface area contributed by atoms with E-state index in [0.717, 1.165) is 36.6 Å². The van der Waals surface area contributed by atoms with Crippen LogP contribution in [0, 0.1) is 11.7 Å². The van der Waals surface area contributed by atoms with E-state index in [1.807, 2.05) is 25.7 Å². The first-order chi connectivity index (χ1) is 10.3. The number of thioether (sulfide) groups is 1. The number of nitrogens with zero attached hydrogens (tertiary/aromatic N) is 1. The number of hydrogen-bond acceptors (Lipinski definition) is 3. The van der Waals surface area contributed by atoms with E-state index < -0.39 is 5.60 Å². The molecule has 1 aliphatic rings. The predicted octanol–water partition coefficient (Wildman–Crippen LogP) is 4.56. The summed E-state index contributed by atoms with van der Waals surface area (Å²) >= 11 is 1.72. The van der Waals surface area contributed by atoms with Gasteiger partial charge in [0, 0.05) is 23.7 Å². The van der Waals surface area contributed by atoms with Gasteiger partial charge >= 0.3 is 6.09 Å². The molecule has 0 radical (unpaired) electrons. The minimum Gasteiger partial charge on any atom is -0.444 e. The number of ether oxygens (including phenoxy) is 1. The van der Waals surface area contributed by atoms with Gasteiger partial charge in [-0.3, -0.25) is 0 Å². The highest BCUT2D eigenvalue weighted by Crippen LogP contribution is 2.26. The molecule has 0 aliphatic carbocycles. The largest absolute Gasteiger partial charge is 0.444 e. The molecule has 1 aromatic rings.